The Morgan fingerprint density at radius 1 is 1.26 bits per heavy atom. The number of carbonyl (C=O) groups is 1. The molecule has 5 heteroatoms. The van der Waals surface area contributed by atoms with Crippen LogP contribution in [0.4, 0.5) is 14.9 Å². The summed E-state index contributed by atoms with van der Waals surface area (Å²) < 4.78 is 12.7. The van der Waals surface area contributed by atoms with Crippen LogP contribution in [-0.4, -0.2) is 48.6 Å². The fourth-order valence-electron chi connectivity index (χ4n) is 1.97. The van der Waals surface area contributed by atoms with E-state index in [9.17, 15) is 9.18 Å². The van der Waals surface area contributed by atoms with Gasteiger partial charge in [-0.3, -0.25) is 4.90 Å². The number of terminal acetylenes is 1. The molecule has 1 N–H and O–H groups in total. The molecule has 2 rings (SSSR count). The number of nitrogens with zero attached hydrogens (tertiary/aromatic N) is 2. The van der Waals surface area contributed by atoms with Crippen LogP contribution in [0.2, 0.25) is 0 Å². The summed E-state index contributed by atoms with van der Waals surface area (Å²) in [4.78, 5) is 15.8. The number of hydrogen-bond donors (Lipinski definition) is 1. The second-order valence-corrected chi connectivity index (χ2v) is 4.40. The molecule has 1 fully saturated rings. The number of amides is 2. The summed E-state index contributed by atoms with van der Waals surface area (Å²) in [7, 11) is 0. The Balaban J connectivity index is 1.85. The predicted octanol–water partition coefficient (Wildman–Crippen LogP) is 1.61. The highest BCUT2D eigenvalue weighted by molar-refractivity contribution is 5.89. The summed E-state index contributed by atoms with van der Waals surface area (Å²) in [5, 5.41) is 2.75. The second-order valence-electron chi connectivity index (χ2n) is 4.40. The van der Waals surface area contributed by atoms with Crippen molar-refractivity contribution in [2.24, 2.45) is 0 Å². The van der Waals surface area contributed by atoms with E-state index in [1.54, 1.807) is 17.0 Å². The highest BCUT2D eigenvalue weighted by Crippen LogP contribution is 2.10. The first-order valence-corrected chi connectivity index (χ1v) is 6.16. The Labute approximate surface area is 112 Å². The van der Waals surface area contributed by atoms with Crippen LogP contribution in [0.5, 0.6) is 0 Å². The molecule has 0 unspecified atom stereocenters. The van der Waals surface area contributed by atoms with Crippen LogP contribution in [0.25, 0.3) is 0 Å². The molecule has 1 aromatic rings. The summed E-state index contributed by atoms with van der Waals surface area (Å²) in [6.45, 7) is 3.47. The molecule has 1 aliphatic rings. The van der Waals surface area contributed by atoms with Crippen LogP contribution in [0, 0.1) is 18.2 Å². The van der Waals surface area contributed by atoms with Crippen molar-refractivity contribution in [1.82, 2.24) is 9.80 Å². The highest BCUT2D eigenvalue weighted by atomic mass is 19.1. The molecule has 2 amide bonds. The van der Waals surface area contributed by atoms with Crippen molar-refractivity contribution in [3.05, 3.63) is 30.1 Å². The number of halogens is 1. The topological polar surface area (TPSA) is 35.6 Å². The fraction of sp³-hybridized carbons (Fsp3) is 0.357. The Morgan fingerprint density at radius 3 is 2.47 bits per heavy atom. The first kappa shape index (κ1) is 13.4. The van der Waals surface area contributed by atoms with Gasteiger partial charge in [0.15, 0.2) is 0 Å². The molecule has 100 valence electrons. The lowest BCUT2D eigenvalue weighted by Gasteiger charge is -2.33. The van der Waals surface area contributed by atoms with E-state index in [1.807, 2.05) is 0 Å². The van der Waals surface area contributed by atoms with Crippen molar-refractivity contribution >= 4 is 11.7 Å². The number of rotatable bonds is 2. The van der Waals surface area contributed by atoms with Crippen molar-refractivity contribution in [2.75, 3.05) is 38.0 Å². The Bertz CT molecular complexity index is 472. The fourth-order valence-corrected chi connectivity index (χ4v) is 1.97. The maximum atomic E-state index is 12.7. The minimum Gasteiger partial charge on any atom is -0.322 e. The lowest BCUT2D eigenvalue weighted by molar-refractivity contribution is 0.157. The molecule has 19 heavy (non-hydrogen) atoms. The Kier molecular flexibility index (Phi) is 4.37. The minimum atomic E-state index is -0.319. The highest BCUT2D eigenvalue weighted by Gasteiger charge is 2.20. The Morgan fingerprint density at radius 2 is 1.89 bits per heavy atom. The van der Waals surface area contributed by atoms with Gasteiger partial charge in [-0.15, -0.1) is 6.42 Å². The molecule has 1 saturated heterocycles. The molecule has 0 atom stereocenters. The molecular formula is C14H16FN3O. The van der Waals surface area contributed by atoms with E-state index in [0.717, 1.165) is 13.1 Å². The molecule has 0 radical (unpaired) electrons. The standard InChI is InChI=1S/C14H16FN3O/c1-2-7-17-8-10-18(11-9-17)14(19)16-13-5-3-12(15)4-6-13/h1,3-6H,7-11H2,(H,16,19). The van der Waals surface area contributed by atoms with Crippen molar-refractivity contribution in [3.8, 4) is 12.3 Å². The van der Waals surface area contributed by atoms with E-state index in [1.165, 1.54) is 12.1 Å². The summed E-state index contributed by atoms with van der Waals surface area (Å²) in [5.74, 6) is 2.28. The van der Waals surface area contributed by atoms with E-state index in [0.29, 0.717) is 25.3 Å². The van der Waals surface area contributed by atoms with E-state index in [-0.39, 0.29) is 11.8 Å². The largest absolute Gasteiger partial charge is 0.322 e. The number of urea groups is 1. The normalized spacial score (nSPS) is 15.9. The van der Waals surface area contributed by atoms with E-state index in [2.05, 4.69) is 16.1 Å². The third-order valence-electron chi connectivity index (χ3n) is 3.07. The molecule has 4 nitrogen and oxygen atoms in total. The Hall–Kier alpha value is -2.06. The maximum Gasteiger partial charge on any atom is 0.321 e. The van der Waals surface area contributed by atoms with Gasteiger partial charge in [0.05, 0.1) is 6.54 Å². The smallest absolute Gasteiger partial charge is 0.321 e. The molecule has 1 aliphatic heterocycles. The minimum absolute atomic E-state index is 0.160. The van der Waals surface area contributed by atoms with Crippen molar-refractivity contribution in [3.63, 3.8) is 0 Å². The number of anilines is 1. The zero-order valence-corrected chi connectivity index (χ0v) is 10.6. The monoisotopic (exact) mass is 261 g/mol. The van der Waals surface area contributed by atoms with Gasteiger partial charge in [-0.1, -0.05) is 5.92 Å². The zero-order chi connectivity index (χ0) is 13.7. The number of hydrogen-bond acceptors (Lipinski definition) is 2. The number of carbonyl (C=O) groups excluding carboxylic acids is 1. The zero-order valence-electron chi connectivity index (χ0n) is 10.6. The molecular weight excluding hydrogens is 245 g/mol. The number of nitrogens with one attached hydrogen (secondary N) is 1. The second kappa shape index (κ2) is 6.21. The van der Waals surface area contributed by atoms with Crippen LogP contribution in [-0.2, 0) is 0 Å². The van der Waals surface area contributed by atoms with Crippen LogP contribution in [0.1, 0.15) is 0 Å². The summed E-state index contributed by atoms with van der Waals surface area (Å²) >= 11 is 0. The van der Waals surface area contributed by atoms with Crippen LogP contribution in [0.15, 0.2) is 24.3 Å². The molecule has 0 bridgehead atoms. The van der Waals surface area contributed by atoms with Gasteiger partial charge < -0.3 is 10.2 Å². The van der Waals surface area contributed by atoms with Gasteiger partial charge in [-0.25, -0.2) is 9.18 Å². The van der Waals surface area contributed by atoms with E-state index < -0.39 is 0 Å². The summed E-state index contributed by atoms with van der Waals surface area (Å²) in [6, 6.07) is 5.57. The van der Waals surface area contributed by atoms with Crippen LogP contribution in [0.3, 0.4) is 0 Å². The average molecular weight is 261 g/mol. The molecule has 0 spiro atoms. The first-order valence-electron chi connectivity index (χ1n) is 6.16. The summed E-state index contributed by atoms with van der Waals surface area (Å²) in [5.41, 5.74) is 0.595. The van der Waals surface area contributed by atoms with Gasteiger partial charge in [0, 0.05) is 31.9 Å². The van der Waals surface area contributed by atoms with Gasteiger partial charge in [0.25, 0.3) is 0 Å². The first-order chi connectivity index (χ1) is 9.19. The van der Waals surface area contributed by atoms with Gasteiger partial charge in [0.2, 0.25) is 0 Å². The quantitative estimate of drug-likeness (QED) is 0.821. The maximum absolute atomic E-state index is 12.7. The lowest BCUT2D eigenvalue weighted by Crippen LogP contribution is -2.50. The molecule has 1 heterocycles. The molecule has 0 aromatic heterocycles. The van der Waals surface area contributed by atoms with Crippen molar-refractivity contribution in [1.29, 1.82) is 0 Å². The van der Waals surface area contributed by atoms with Gasteiger partial charge >= 0.3 is 6.03 Å². The average Bonchev–Trinajstić information content (AvgIpc) is 2.42. The van der Waals surface area contributed by atoms with E-state index >= 15 is 0 Å². The van der Waals surface area contributed by atoms with Gasteiger partial charge in [0.1, 0.15) is 5.82 Å². The lowest BCUT2D eigenvalue weighted by atomic mass is 10.3. The van der Waals surface area contributed by atoms with Crippen LogP contribution >= 0.6 is 0 Å². The summed E-state index contributed by atoms with van der Waals surface area (Å²) in [6.07, 6.45) is 5.25. The number of benzene rings is 1. The van der Waals surface area contributed by atoms with Crippen molar-refractivity contribution in [2.45, 2.75) is 0 Å². The van der Waals surface area contributed by atoms with Gasteiger partial charge in [-0.05, 0) is 24.3 Å². The molecule has 1 aromatic carbocycles. The van der Waals surface area contributed by atoms with Gasteiger partial charge in [-0.2, -0.15) is 0 Å². The van der Waals surface area contributed by atoms with Crippen LogP contribution < -0.4 is 5.32 Å². The third-order valence-corrected chi connectivity index (χ3v) is 3.07. The third kappa shape index (κ3) is 3.70. The predicted molar refractivity (Wildman–Crippen MR) is 72.3 cm³/mol. The number of piperazine rings is 1. The molecule has 0 saturated carbocycles. The van der Waals surface area contributed by atoms with Crippen molar-refractivity contribution < 1.29 is 9.18 Å². The molecule has 0 aliphatic carbocycles. The van der Waals surface area contributed by atoms with E-state index in [4.69, 9.17) is 6.42 Å². The SMILES string of the molecule is C#CCN1CCN(C(=O)Nc2ccc(F)cc2)CC1.